The van der Waals surface area contributed by atoms with E-state index in [1.54, 1.807) is 4.90 Å². The van der Waals surface area contributed by atoms with E-state index in [0.29, 0.717) is 11.4 Å². The zero-order chi connectivity index (χ0) is 13.7. The van der Waals surface area contributed by atoms with Gasteiger partial charge in [-0.1, -0.05) is 11.6 Å². The summed E-state index contributed by atoms with van der Waals surface area (Å²) < 4.78 is 4.63. The molecule has 0 aromatic carbocycles. The molecule has 0 atom stereocenters. The van der Waals surface area contributed by atoms with Crippen LogP contribution in [0.4, 0.5) is 5.82 Å². The summed E-state index contributed by atoms with van der Waals surface area (Å²) in [5, 5.41) is 9.17. The monoisotopic (exact) mass is 267 g/mol. The molecule has 1 rings (SSSR count). The second kappa shape index (κ2) is 6.22. The van der Waals surface area contributed by atoms with Crippen molar-refractivity contribution >= 4 is 23.4 Å². The highest BCUT2D eigenvalue weighted by Crippen LogP contribution is 2.27. The quantitative estimate of drug-likeness (QED) is 0.781. The molecule has 0 fully saturated rings. The first-order chi connectivity index (χ1) is 8.51. The van der Waals surface area contributed by atoms with Crippen molar-refractivity contribution in [2.45, 2.75) is 19.9 Å². The van der Waals surface area contributed by atoms with Gasteiger partial charge in [-0.3, -0.25) is 4.79 Å². The van der Waals surface area contributed by atoms with Crippen LogP contribution in [0.5, 0.6) is 0 Å². The van der Waals surface area contributed by atoms with Gasteiger partial charge in [-0.05, 0) is 19.9 Å². The van der Waals surface area contributed by atoms with Gasteiger partial charge in [-0.2, -0.15) is 5.26 Å². The molecule has 6 heteroatoms. The first kappa shape index (κ1) is 14.3. The lowest BCUT2D eigenvalue weighted by Crippen LogP contribution is -2.37. The number of carbonyl (C=O) groups is 1. The number of nitrogens with zero attached hydrogens (tertiary/aromatic N) is 3. The molecule has 1 aromatic heterocycles. The van der Waals surface area contributed by atoms with E-state index in [-0.39, 0.29) is 23.6 Å². The molecule has 0 aliphatic rings. The van der Waals surface area contributed by atoms with E-state index in [4.69, 9.17) is 16.9 Å². The van der Waals surface area contributed by atoms with Crippen molar-refractivity contribution in [3.05, 3.63) is 22.8 Å². The van der Waals surface area contributed by atoms with Crippen LogP contribution in [-0.2, 0) is 9.53 Å². The summed E-state index contributed by atoms with van der Waals surface area (Å²) >= 11 is 6.10. The smallest absolute Gasteiger partial charge is 0.325 e. The summed E-state index contributed by atoms with van der Waals surface area (Å²) in [5.74, 6) is 0.0278. The maximum Gasteiger partial charge on any atom is 0.325 e. The summed E-state index contributed by atoms with van der Waals surface area (Å²) in [6.45, 7) is 3.84. The lowest BCUT2D eigenvalue weighted by atomic mass is 10.2. The van der Waals surface area contributed by atoms with Gasteiger partial charge in [-0.15, -0.1) is 0 Å². The number of rotatable bonds is 4. The van der Waals surface area contributed by atoms with Crippen LogP contribution in [0.15, 0.2) is 12.3 Å². The van der Waals surface area contributed by atoms with Gasteiger partial charge in [0.1, 0.15) is 23.5 Å². The molecular weight excluding hydrogens is 254 g/mol. The number of hydrogen-bond acceptors (Lipinski definition) is 5. The molecule has 0 amide bonds. The Morgan fingerprint density at radius 1 is 1.67 bits per heavy atom. The predicted molar refractivity (Wildman–Crippen MR) is 68.5 cm³/mol. The maximum absolute atomic E-state index is 11.4. The van der Waals surface area contributed by atoms with E-state index in [1.165, 1.54) is 19.4 Å². The fourth-order valence-electron chi connectivity index (χ4n) is 1.42. The Labute approximate surface area is 111 Å². The van der Waals surface area contributed by atoms with Gasteiger partial charge in [0.05, 0.1) is 12.7 Å². The second-order valence-corrected chi connectivity index (χ2v) is 4.28. The number of anilines is 1. The summed E-state index contributed by atoms with van der Waals surface area (Å²) in [6.07, 6.45) is 1.49. The fourth-order valence-corrected chi connectivity index (χ4v) is 1.69. The molecule has 0 aliphatic carbocycles. The standard InChI is InChI=1S/C12H14ClN3O2/c1-8(2)16(7-10(17)18-3)12-11(13)9(6-14)4-5-15-12/h4-5,8H,7H2,1-3H3. The molecule has 5 nitrogen and oxygen atoms in total. The topological polar surface area (TPSA) is 66.2 Å². The molecule has 96 valence electrons. The number of nitriles is 1. The van der Waals surface area contributed by atoms with Crippen LogP contribution in [0.2, 0.25) is 5.02 Å². The van der Waals surface area contributed by atoms with E-state index >= 15 is 0 Å². The van der Waals surface area contributed by atoms with Crippen molar-refractivity contribution in [2.24, 2.45) is 0 Å². The average molecular weight is 268 g/mol. The Bertz CT molecular complexity index is 483. The molecule has 0 radical (unpaired) electrons. The summed E-state index contributed by atoms with van der Waals surface area (Å²) in [7, 11) is 1.32. The molecule has 0 saturated heterocycles. The first-order valence-corrected chi connectivity index (χ1v) is 5.77. The second-order valence-electron chi connectivity index (χ2n) is 3.91. The predicted octanol–water partition coefficient (Wildman–Crippen LogP) is 1.99. The minimum atomic E-state index is -0.385. The number of halogens is 1. The van der Waals surface area contributed by atoms with Gasteiger partial charge >= 0.3 is 5.97 Å². The van der Waals surface area contributed by atoms with Crippen molar-refractivity contribution in [2.75, 3.05) is 18.6 Å². The third-order valence-corrected chi connectivity index (χ3v) is 2.79. The fraction of sp³-hybridized carbons (Fsp3) is 0.417. The molecule has 0 saturated carbocycles. The van der Waals surface area contributed by atoms with Gasteiger partial charge in [0.25, 0.3) is 0 Å². The Morgan fingerprint density at radius 3 is 2.83 bits per heavy atom. The van der Waals surface area contributed by atoms with Gasteiger partial charge in [0, 0.05) is 12.2 Å². The largest absolute Gasteiger partial charge is 0.468 e. The van der Waals surface area contributed by atoms with Gasteiger partial charge in [0.15, 0.2) is 0 Å². The summed E-state index contributed by atoms with van der Waals surface area (Å²) in [4.78, 5) is 17.2. The number of esters is 1. The van der Waals surface area contributed by atoms with Crippen molar-refractivity contribution < 1.29 is 9.53 Å². The highest BCUT2D eigenvalue weighted by atomic mass is 35.5. The van der Waals surface area contributed by atoms with Crippen LogP contribution in [0.1, 0.15) is 19.4 Å². The molecule has 0 bridgehead atoms. The maximum atomic E-state index is 11.4. The van der Waals surface area contributed by atoms with E-state index in [9.17, 15) is 4.79 Å². The van der Waals surface area contributed by atoms with Crippen LogP contribution in [-0.4, -0.2) is 30.6 Å². The van der Waals surface area contributed by atoms with E-state index in [1.807, 2.05) is 19.9 Å². The molecule has 1 heterocycles. The molecule has 18 heavy (non-hydrogen) atoms. The Morgan fingerprint density at radius 2 is 2.33 bits per heavy atom. The van der Waals surface area contributed by atoms with Crippen molar-refractivity contribution in [3.8, 4) is 6.07 Å². The zero-order valence-corrected chi connectivity index (χ0v) is 11.2. The number of ether oxygens (including phenoxy) is 1. The molecule has 0 spiro atoms. The third kappa shape index (κ3) is 3.11. The molecular formula is C12H14ClN3O2. The lowest BCUT2D eigenvalue weighted by molar-refractivity contribution is -0.139. The van der Waals surface area contributed by atoms with Gasteiger partial charge in [0.2, 0.25) is 0 Å². The molecule has 0 aliphatic heterocycles. The van der Waals surface area contributed by atoms with Crippen molar-refractivity contribution in [1.82, 2.24) is 4.98 Å². The van der Waals surface area contributed by atoms with Crippen LogP contribution >= 0.6 is 11.6 Å². The number of carbonyl (C=O) groups excluding carboxylic acids is 1. The Balaban J connectivity index is 3.15. The molecule has 0 N–H and O–H groups in total. The number of methoxy groups -OCH3 is 1. The summed E-state index contributed by atoms with van der Waals surface area (Å²) in [6, 6.07) is 3.52. The van der Waals surface area contributed by atoms with Crippen LogP contribution in [0.25, 0.3) is 0 Å². The average Bonchev–Trinajstić information content (AvgIpc) is 2.36. The van der Waals surface area contributed by atoms with E-state index < -0.39 is 0 Å². The first-order valence-electron chi connectivity index (χ1n) is 5.39. The lowest BCUT2D eigenvalue weighted by Gasteiger charge is -2.27. The molecule has 1 aromatic rings. The van der Waals surface area contributed by atoms with Crippen LogP contribution in [0, 0.1) is 11.3 Å². The third-order valence-electron chi connectivity index (χ3n) is 2.41. The normalized spacial score (nSPS) is 10.0. The Kier molecular flexibility index (Phi) is 4.93. The minimum absolute atomic E-state index is 0.00282. The summed E-state index contributed by atoms with van der Waals surface area (Å²) in [5.41, 5.74) is 0.331. The van der Waals surface area contributed by atoms with Crippen molar-refractivity contribution in [1.29, 1.82) is 5.26 Å². The van der Waals surface area contributed by atoms with E-state index in [0.717, 1.165) is 0 Å². The van der Waals surface area contributed by atoms with E-state index in [2.05, 4.69) is 9.72 Å². The SMILES string of the molecule is COC(=O)CN(c1nccc(C#N)c1Cl)C(C)C. The number of hydrogen-bond donors (Lipinski definition) is 0. The number of pyridine rings is 1. The zero-order valence-electron chi connectivity index (χ0n) is 10.5. The highest BCUT2D eigenvalue weighted by Gasteiger charge is 2.20. The Hall–Kier alpha value is -1.80. The van der Waals surface area contributed by atoms with Crippen LogP contribution < -0.4 is 4.90 Å². The minimum Gasteiger partial charge on any atom is -0.468 e. The van der Waals surface area contributed by atoms with Gasteiger partial charge < -0.3 is 9.64 Å². The highest BCUT2D eigenvalue weighted by molar-refractivity contribution is 6.34. The number of aromatic nitrogens is 1. The van der Waals surface area contributed by atoms with Gasteiger partial charge in [-0.25, -0.2) is 4.98 Å². The molecule has 0 unspecified atom stereocenters. The van der Waals surface area contributed by atoms with Crippen molar-refractivity contribution in [3.63, 3.8) is 0 Å². The van der Waals surface area contributed by atoms with Crippen LogP contribution in [0.3, 0.4) is 0 Å².